The zero-order valence-electron chi connectivity index (χ0n) is 14.5. The van der Waals surface area contributed by atoms with E-state index in [0.717, 1.165) is 18.6 Å². The van der Waals surface area contributed by atoms with Crippen LogP contribution in [0.15, 0.2) is 10.6 Å². The molecule has 0 unspecified atom stereocenters. The number of nitrogens with zero attached hydrogens (tertiary/aromatic N) is 2. The molecule has 1 aliphatic carbocycles. The predicted octanol–water partition coefficient (Wildman–Crippen LogP) is 0.813. The summed E-state index contributed by atoms with van der Waals surface area (Å²) in [4.78, 5) is 12.3. The van der Waals surface area contributed by atoms with Crippen LogP contribution in [0.5, 0.6) is 0 Å². The topological polar surface area (TPSA) is 119 Å². The Morgan fingerprint density at radius 2 is 2.20 bits per heavy atom. The summed E-state index contributed by atoms with van der Waals surface area (Å²) in [5, 5.41) is 6.80. The molecule has 3 N–H and O–H groups in total. The quantitative estimate of drug-likeness (QED) is 0.733. The van der Waals surface area contributed by atoms with Crippen molar-refractivity contribution in [2.24, 2.45) is 5.73 Å². The van der Waals surface area contributed by atoms with Gasteiger partial charge in [0.15, 0.2) is 5.69 Å². The lowest BCUT2D eigenvalue weighted by Gasteiger charge is -2.36. The van der Waals surface area contributed by atoms with Crippen LogP contribution in [0.4, 0.5) is 0 Å². The van der Waals surface area contributed by atoms with Crippen LogP contribution in [0.3, 0.4) is 0 Å². The van der Waals surface area contributed by atoms with E-state index in [-0.39, 0.29) is 23.7 Å². The lowest BCUT2D eigenvalue weighted by Crippen LogP contribution is -2.51. The highest BCUT2D eigenvalue weighted by Crippen LogP contribution is 2.40. The summed E-state index contributed by atoms with van der Waals surface area (Å²) in [7, 11) is -3.28. The Hall–Kier alpha value is -1.45. The van der Waals surface area contributed by atoms with Crippen LogP contribution in [0.25, 0.3) is 0 Å². The maximum absolute atomic E-state index is 12.3. The third-order valence-electron chi connectivity index (χ3n) is 4.85. The summed E-state index contributed by atoms with van der Waals surface area (Å²) in [6.07, 6.45) is 3.81. The Labute approximate surface area is 148 Å². The van der Waals surface area contributed by atoms with Crippen LogP contribution in [-0.2, 0) is 10.0 Å². The highest BCUT2D eigenvalue weighted by Gasteiger charge is 2.34. The summed E-state index contributed by atoms with van der Waals surface area (Å²) < 4.78 is 31.4. The van der Waals surface area contributed by atoms with E-state index >= 15 is 0 Å². The fourth-order valence-corrected chi connectivity index (χ4v) is 5.08. The van der Waals surface area contributed by atoms with Gasteiger partial charge in [-0.05, 0) is 45.6 Å². The molecule has 1 amide bonds. The maximum Gasteiger partial charge on any atom is 0.273 e. The number of amides is 1. The van der Waals surface area contributed by atoms with Gasteiger partial charge in [0.25, 0.3) is 5.91 Å². The number of carbonyl (C=O) groups excluding carboxylic acids is 1. The standard InChI is InChI=1S/C16H26N4O4S/c1-11-9-13(5-7-20(11)25(22,23)8-2-6-17)18-16(21)14-10-15(24-19-14)12-3-4-12/h10-13H,2-9,17H2,1H3,(H,18,21)/t11-,13-/m1/s1. The third-order valence-corrected chi connectivity index (χ3v) is 6.92. The fourth-order valence-electron chi connectivity index (χ4n) is 3.29. The fraction of sp³-hybridized carbons (Fsp3) is 0.750. The van der Waals surface area contributed by atoms with Crippen LogP contribution in [0.1, 0.15) is 61.2 Å². The van der Waals surface area contributed by atoms with Gasteiger partial charge in [0.2, 0.25) is 10.0 Å². The highest BCUT2D eigenvalue weighted by molar-refractivity contribution is 7.89. The van der Waals surface area contributed by atoms with Crippen molar-refractivity contribution in [2.75, 3.05) is 18.8 Å². The second-order valence-electron chi connectivity index (χ2n) is 7.00. The zero-order chi connectivity index (χ0) is 18.0. The molecule has 0 spiro atoms. The van der Waals surface area contributed by atoms with Crippen molar-refractivity contribution in [3.8, 4) is 0 Å². The van der Waals surface area contributed by atoms with Crippen LogP contribution in [0.2, 0.25) is 0 Å². The minimum atomic E-state index is -3.28. The van der Waals surface area contributed by atoms with Gasteiger partial charge >= 0.3 is 0 Å². The summed E-state index contributed by atoms with van der Waals surface area (Å²) in [5.41, 5.74) is 5.71. The van der Waals surface area contributed by atoms with Gasteiger partial charge in [-0.2, -0.15) is 4.31 Å². The molecule has 1 aromatic rings. The summed E-state index contributed by atoms with van der Waals surface area (Å²) >= 11 is 0. The maximum atomic E-state index is 12.3. The van der Waals surface area contributed by atoms with Gasteiger partial charge in [0.05, 0.1) is 5.75 Å². The molecular formula is C16H26N4O4S. The molecule has 1 aromatic heterocycles. The number of piperidine rings is 1. The van der Waals surface area contributed by atoms with Crippen molar-refractivity contribution in [2.45, 2.75) is 57.0 Å². The van der Waals surface area contributed by atoms with Crippen molar-refractivity contribution in [1.29, 1.82) is 0 Å². The van der Waals surface area contributed by atoms with Crippen LogP contribution in [-0.4, -0.2) is 54.7 Å². The molecule has 1 saturated carbocycles. The van der Waals surface area contributed by atoms with E-state index in [0.29, 0.717) is 44.0 Å². The van der Waals surface area contributed by atoms with E-state index in [4.69, 9.17) is 10.3 Å². The van der Waals surface area contributed by atoms with Crippen LogP contribution >= 0.6 is 0 Å². The molecule has 2 atom stereocenters. The Kier molecular flexibility index (Phi) is 5.45. The average molecular weight is 370 g/mol. The van der Waals surface area contributed by atoms with E-state index in [1.54, 1.807) is 6.07 Å². The number of rotatable bonds is 7. The van der Waals surface area contributed by atoms with Crippen molar-refractivity contribution in [1.82, 2.24) is 14.8 Å². The van der Waals surface area contributed by atoms with Crippen molar-refractivity contribution in [3.05, 3.63) is 17.5 Å². The number of nitrogens with two attached hydrogens (primary N) is 1. The minimum absolute atomic E-state index is 0.0652. The van der Waals surface area contributed by atoms with Crippen molar-refractivity contribution >= 4 is 15.9 Å². The molecule has 0 bridgehead atoms. The monoisotopic (exact) mass is 370 g/mol. The van der Waals surface area contributed by atoms with E-state index < -0.39 is 10.0 Å². The molecule has 1 aliphatic heterocycles. The van der Waals surface area contributed by atoms with Crippen LogP contribution in [0, 0.1) is 0 Å². The first-order valence-corrected chi connectivity index (χ1v) is 10.5. The van der Waals surface area contributed by atoms with Gasteiger partial charge in [-0.15, -0.1) is 0 Å². The lowest BCUT2D eigenvalue weighted by molar-refractivity contribution is 0.0905. The van der Waals surface area contributed by atoms with Crippen molar-refractivity contribution < 1.29 is 17.7 Å². The first kappa shape index (κ1) is 18.3. The number of hydrogen-bond acceptors (Lipinski definition) is 6. The number of aromatic nitrogens is 1. The Balaban J connectivity index is 1.54. The largest absolute Gasteiger partial charge is 0.360 e. The van der Waals surface area contributed by atoms with Gasteiger partial charge in [-0.3, -0.25) is 4.79 Å². The predicted molar refractivity (Wildman–Crippen MR) is 92.6 cm³/mol. The Bertz CT molecular complexity index is 713. The van der Waals surface area contributed by atoms with E-state index in [9.17, 15) is 13.2 Å². The second kappa shape index (κ2) is 7.43. The molecule has 0 radical (unpaired) electrons. The van der Waals surface area contributed by atoms with Crippen molar-refractivity contribution in [3.63, 3.8) is 0 Å². The number of carbonyl (C=O) groups is 1. The number of sulfonamides is 1. The molecule has 2 heterocycles. The Morgan fingerprint density at radius 1 is 1.44 bits per heavy atom. The zero-order valence-corrected chi connectivity index (χ0v) is 15.3. The summed E-state index contributed by atoms with van der Waals surface area (Å²) in [5.74, 6) is 1.01. The van der Waals surface area contributed by atoms with E-state index in [1.807, 2.05) is 6.92 Å². The molecule has 1 saturated heterocycles. The Morgan fingerprint density at radius 3 is 2.84 bits per heavy atom. The normalized spacial score (nSPS) is 25.0. The SMILES string of the molecule is C[C@@H]1C[C@H](NC(=O)c2cc(C3CC3)on2)CCN1S(=O)(=O)CCCN. The lowest BCUT2D eigenvalue weighted by atomic mass is 10.0. The molecule has 9 heteroatoms. The van der Waals surface area contributed by atoms with Gasteiger partial charge in [0, 0.05) is 30.6 Å². The second-order valence-corrected chi connectivity index (χ2v) is 9.04. The molecule has 2 aliphatic rings. The number of hydrogen-bond donors (Lipinski definition) is 2. The van der Waals surface area contributed by atoms with Crippen LogP contribution < -0.4 is 11.1 Å². The van der Waals surface area contributed by atoms with E-state index in [1.165, 1.54) is 4.31 Å². The minimum Gasteiger partial charge on any atom is -0.360 e. The summed E-state index contributed by atoms with van der Waals surface area (Å²) in [6.45, 7) is 2.64. The van der Waals surface area contributed by atoms with Gasteiger partial charge in [-0.1, -0.05) is 5.16 Å². The molecule has 140 valence electrons. The molecule has 3 rings (SSSR count). The smallest absolute Gasteiger partial charge is 0.273 e. The van der Waals surface area contributed by atoms with Gasteiger partial charge in [-0.25, -0.2) is 8.42 Å². The highest BCUT2D eigenvalue weighted by atomic mass is 32.2. The molecule has 25 heavy (non-hydrogen) atoms. The number of nitrogens with one attached hydrogen (secondary N) is 1. The average Bonchev–Trinajstić information content (AvgIpc) is 3.29. The molecular weight excluding hydrogens is 344 g/mol. The van der Waals surface area contributed by atoms with E-state index in [2.05, 4.69) is 10.5 Å². The van der Waals surface area contributed by atoms with Gasteiger partial charge in [0.1, 0.15) is 5.76 Å². The molecule has 0 aromatic carbocycles. The molecule has 2 fully saturated rings. The first-order chi connectivity index (χ1) is 11.9. The van der Waals surface area contributed by atoms with Gasteiger partial charge < -0.3 is 15.6 Å². The third kappa shape index (κ3) is 4.39. The first-order valence-electron chi connectivity index (χ1n) is 8.87. The molecule has 8 nitrogen and oxygen atoms in total. The summed E-state index contributed by atoms with van der Waals surface area (Å²) in [6, 6.07) is 1.49.